The van der Waals surface area contributed by atoms with Crippen LogP contribution < -0.4 is 9.80 Å². The van der Waals surface area contributed by atoms with Crippen molar-refractivity contribution in [3.8, 4) is 0 Å². The van der Waals surface area contributed by atoms with E-state index in [1.54, 1.807) is 12.4 Å². The van der Waals surface area contributed by atoms with Gasteiger partial charge in [-0.15, -0.1) is 0 Å². The number of hydrogen-bond acceptors (Lipinski definition) is 4. The molecule has 0 saturated carbocycles. The van der Waals surface area contributed by atoms with Crippen molar-refractivity contribution in [3.05, 3.63) is 72.6 Å². The second-order valence-electron chi connectivity index (χ2n) is 7.33. The summed E-state index contributed by atoms with van der Waals surface area (Å²) in [6.07, 6.45) is 3.50. The third-order valence-corrected chi connectivity index (χ3v) is 4.57. The fourth-order valence-electron chi connectivity index (χ4n) is 3.14. The van der Waals surface area contributed by atoms with Crippen LogP contribution in [0.1, 0.15) is 26.3 Å². The smallest absolute Gasteiger partial charge is 0.178 e. The summed E-state index contributed by atoms with van der Waals surface area (Å²) in [5.74, 6) is 1.79. The average molecular weight is 330 g/mol. The molecule has 1 aliphatic heterocycles. The van der Waals surface area contributed by atoms with Crippen molar-refractivity contribution in [2.24, 2.45) is 0 Å². The minimum atomic E-state index is 0.150. The molecule has 0 atom stereocenters. The number of hydrogen-bond donors (Lipinski definition) is 0. The van der Waals surface area contributed by atoms with Crippen LogP contribution >= 0.6 is 0 Å². The van der Waals surface area contributed by atoms with Gasteiger partial charge in [0.2, 0.25) is 0 Å². The van der Waals surface area contributed by atoms with E-state index in [-0.39, 0.29) is 5.41 Å². The van der Waals surface area contributed by atoms with E-state index in [0.717, 1.165) is 23.0 Å². The molecule has 0 aliphatic carbocycles. The van der Waals surface area contributed by atoms with Crippen LogP contribution in [0, 0.1) is 0 Å². The monoisotopic (exact) mass is 330 g/mol. The van der Waals surface area contributed by atoms with Gasteiger partial charge in [0.25, 0.3) is 0 Å². The van der Waals surface area contributed by atoms with Gasteiger partial charge in [-0.2, -0.15) is 0 Å². The minimum absolute atomic E-state index is 0.150. The van der Waals surface area contributed by atoms with Crippen LogP contribution in [0.5, 0.6) is 0 Å². The maximum absolute atomic E-state index is 4.59. The first-order valence-corrected chi connectivity index (χ1v) is 8.56. The normalized spacial score (nSPS) is 13.9. The molecule has 1 aromatic heterocycles. The van der Waals surface area contributed by atoms with Gasteiger partial charge < -0.3 is 9.80 Å². The maximum Gasteiger partial charge on any atom is 0.178 e. The Labute approximate surface area is 148 Å². The highest BCUT2D eigenvalue weighted by atomic mass is 15.4. The molecule has 1 aliphatic rings. The first-order chi connectivity index (χ1) is 12.0. The molecule has 3 aromatic rings. The van der Waals surface area contributed by atoms with E-state index in [1.165, 1.54) is 5.56 Å². The molecule has 25 heavy (non-hydrogen) atoms. The van der Waals surface area contributed by atoms with Crippen molar-refractivity contribution < 1.29 is 0 Å². The highest BCUT2D eigenvalue weighted by molar-refractivity contribution is 5.81. The number of benzene rings is 2. The van der Waals surface area contributed by atoms with Gasteiger partial charge in [-0.05, 0) is 35.2 Å². The van der Waals surface area contributed by atoms with Gasteiger partial charge in [-0.3, -0.25) is 0 Å². The third-order valence-electron chi connectivity index (χ3n) is 4.57. The number of nitrogens with zero attached hydrogens (tertiary/aromatic N) is 4. The van der Waals surface area contributed by atoms with E-state index in [9.17, 15) is 0 Å². The van der Waals surface area contributed by atoms with Gasteiger partial charge in [0.1, 0.15) is 6.67 Å². The van der Waals surface area contributed by atoms with Gasteiger partial charge in [0, 0.05) is 23.8 Å². The molecular weight excluding hydrogens is 308 g/mol. The van der Waals surface area contributed by atoms with Crippen LogP contribution in [0.15, 0.2) is 67.0 Å². The van der Waals surface area contributed by atoms with Gasteiger partial charge in [-0.25, -0.2) is 9.97 Å². The topological polar surface area (TPSA) is 32.3 Å². The Hall–Kier alpha value is -2.88. The van der Waals surface area contributed by atoms with Crippen molar-refractivity contribution in [2.75, 3.05) is 16.5 Å². The Balaban J connectivity index is 1.72. The molecule has 0 N–H and O–H groups in total. The van der Waals surface area contributed by atoms with Crippen LogP contribution in [-0.4, -0.2) is 16.6 Å². The molecule has 0 unspecified atom stereocenters. The summed E-state index contributed by atoms with van der Waals surface area (Å²) in [4.78, 5) is 13.6. The summed E-state index contributed by atoms with van der Waals surface area (Å²) in [7, 11) is 0. The molecule has 0 spiro atoms. The number of anilines is 4. The molecular formula is C21H22N4. The second kappa shape index (κ2) is 5.88. The predicted molar refractivity (Wildman–Crippen MR) is 103 cm³/mol. The van der Waals surface area contributed by atoms with E-state index < -0.39 is 0 Å². The molecule has 4 nitrogen and oxygen atoms in total. The van der Waals surface area contributed by atoms with E-state index in [2.05, 4.69) is 76.9 Å². The van der Waals surface area contributed by atoms with Crippen LogP contribution in [-0.2, 0) is 5.41 Å². The summed E-state index contributed by atoms with van der Waals surface area (Å²) in [6, 6.07) is 19.1. The average Bonchev–Trinajstić information content (AvgIpc) is 3.02. The van der Waals surface area contributed by atoms with Crippen LogP contribution in [0.25, 0.3) is 0 Å². The minimum Gasteiger partial charge on any atom is -0.305 e. The molecule has 0 bridgehead atoms. The van der Waals surface area contributed by atoms with Gasteiger partial charge in [0.15, 0.2) is 11.6 Å². The lowest BCUT2D eigenvalue weighted by molar-refractivity contribution is 0.590. The lowest BCUT2D eigenvalue weighted by atomic mass is 9.87. The van der Waals surface area contributed by atoms with E-state index in [0.29, 0.717) is 6.67 Å². The third kappa shape index (κ3) is 2.84. The number of fused-ring (bicyclic) bond motifs is 1. The van der Waals surface area contributed by atoms with Crippen LogP contribution in [0.4, 0.5) is 23.0 Å². The highest BCUT2D eigenvalue weighted by Gasteiger charge is 2.30. The molecule has 0 amide bonds. The Morgan fingerprint density at radius 2 is 1.24 bits per heavy atom. The van der Waals surface area contributed by atoms with Gasteiger partial charge >= 0.3 is 0 Å². The predicted octanol–water partition coefficient (Wildman–Crippen LogP) is 5.02. The number of rotatable bonds is 2. The summed E-state index contributed by atoms with van der Waals surface area (Å²) < 4.78 is 0. The van der Waals surface area contributed by atoms with Gasteiger partial charge in [-0.1, -0.05) is 51.1 Å². The number of aromatic nitrogens is 2. The van der Waals surface area contributed by atoms with Crippen molar-refractivity contribution in [1.82, 2.24) is 9.97 Å². The Morgan fingerprint density at radius 1 is 0.720 bits per heavy atom. The van der Waals surface area contributed by atoms with Crippen molar-refractivity contribution in [1.29, 1.82) is 0 Å². The summed E-state index contributed by atoms with van der Waals surface area (Å²) in [5, 5.41) is 0. The van der Waals surface area contributed by atoms with Crippen LogP contribution in [0.2, 0.25) is 0 Å². The van der Waals surface area contributed by atoms with E-state index in [1.807, 2.05) is 18.2 Å². The summed E-state index contributed by atoms with van der Waals surface area (Å²) in [5.41, 5.74) is 3.73. The molecule has 2 heterocycles. The molecule has 126 valence electrons. The zero-order valence-electron chi connectivity index (χ0n) is 14.8. The molecule has 4 heteroatoms. The first kappa shape index (κ1) is 15.6. The lowest BCUT2D eigenvalue weighted by Crippen LogP contribution is -2.24. The highest BCUT2D eigenvalue weighted by Crippen LogP contribution is 2.41. The SMILES string of the molecule is CC(C)(C)c1ccc(N2CN(c3ccccc3)c3nccnc32)cc1. The second-order valence-corrected chi connectivity index (χ2v) is 7.33. The van der Waals surface area contributed by atoms with Crippen LogP contribution in [0.3, 0.4) is 0 Å². The summed E-state index contributed by atoms with van der Waals surface area (Å²) >= 11 is 0. The van der Waals surface area contributed by atoms with Crippen molar-refractivity contribution >= 4 is 23.0 Å². The van der Waals surface area contributed by atoms with E-state index in [4.69, 9.17) is 0 Å². The molecule has 0 fully saturated rings. The zero-order chi connectivity index (χ0) is 17.4. The molecule has 2 aromatic carbocycles. The van der Waals surface area contributed by atoms with Crippen molar-refractivity contribution in [2.45, 2.75) is 26.2 Å². The Morgan fingerprint density at radius 3 is 1.76 bits per heavy atom. The fourth-order valence-corrected chi connectivity index (χ4v) is 3.14. The van der Waals surface area contributed by atoms with Crippen molar-refractivity contribution in [3.63, 3.8) is 0 Å². The molecule has 0 saturated heterocycles. The fraction of sp³-hybridized carbons (Fsp3) is 0.238. The molecule has 0 radical (unpaired) electrons. The largest absolute Gasteiger partial charge is 0.305 e. The standard InChI is InChI=1S/C21H22N4/c1-21(2,3)16-9-11-18(12-10-16)25-15-24(17-7-5-4-6-8-17)19-20(25)23-14-13-22-19/h4-14H,15H2,1-3H3. The molecule has 4 rings (SSSR count). The summed E-state index contributed by atoms with van der Waals surface area (Å²) in [6.45, 7) is 7.40. The Bertz CT molecular complexity index is 866. The quantitative estimate of drug-likeness (QED) is 0.660. The first-order valence-electron chi connectivity index (χ1n) is 8.56. The Kier molecular flexibility index (Phi) is 3.68. The van der Waals surface area contributed by atoms with E-state index >= 15 is 0 Å². The number of para-hydroxylation sites is 1. The maximum atomic E-state index is 4.59. The van der Waals surface area contributed by atoms with Gasteiger partial charge in [0.05, 0.1) is 0 Å². The lowest BCUT2D eigenvalue weighted by Gasteiger charge is -2.23. The zero-order valence-corrected chi connectivity index (χ0v) is 14.8.